The molecule has 1 atom stereocenters. The molecular weight excluding hydrogens is 214 g/mol. The highest BCUT2D eigenvalue weighted by atomic mass is 16.5. The normalized spacial score (nSPS) is 23.1. The van der Waals surface area contributed by atoms with Crippen LogP contribution in [0.5, 0.6) is 0 Å². The topological polar surface area (TPSA) is 37.4 Å². The zero-order valence-electron chi connectivity index (χ0n) is 10.3. The Bertz CT molecular complexity index is 408. The summed E-state index contributed by atoms with van der Waals surface area (Å²) in [5.41, 5.74) is 2.70. The fourth-order valence-electron chi connectivity index (χ4n) is 2.94. The lowest BCUT2D eigenvalue weighted by atomic mass is 9.94. The summed E-state index contributed by atoms with van der Waals surface area (Å²) in [6, 6.07) is 2.71. The van der Waals surface area contributed by atoms with E-state index < -0.39 is 0 Å². The van der Waals surface area contributed by atoms with Gasteiger partial charge in [0.15, 0.2) is 0 Å². The quantitative estimate of drug-likeness (QED) is 0.825. The Morgan fingerprint density at radius 2 is 2.53 bits per heavy atom. The van der Waals surface area contributed by atoms with Gasteiger partial charge in [0, 0.05) is 44.5 Å². The highest BCUT2D eigenvalue weighted by Gasteiger charge is 2.30. The summed E-state index contributed by atoms with van der Waals surface area (Å²) in [5, 5.41) is 3.46. The van der Waals surface area contributed by atoms with Gasteiger partial charge in [-0.15, -0.1) is 0 Å². The van der Waals surface area contributed by atoms with Crippen LogP contribution in [0.3, 0.4) is 0 Å². The summed E-state index contributed by atoms with van der Waals surface area (Å²) in [4.78, 5) is 7.06. The molecular formula is C13H19N3O. The number of methoxy groups -OCH3 is 1. The van der Waals surface area contributed by atoms with Crippen LogP contribution in [0.25, 0.3) is 0 Å². The van der Waals surface area contributed by atoms with E-state index >= 15 is 0 Å². The fraction of sp³-hybridized carbons (Fsp3) is 0.615. The fourth-order valence-corrected chi connectivity index (χ4v) is 2.94. The van der Waals surface area contributed by atoms with Gasteiger partial charge in [0.1, 0.15) is 5.82 Å². The Kier molecular flexibility index (Phi) is 2.99. The highest BCUT2D eigenvalue weighted by Crippen LogP contribution is 2.31. The Morgan fingerprint density at radius 3 is 3.41 bits per heavy atom. The molecule has 0 aromatic carbocycles. The van der Waals surface area contributed by atoms with E-state index in [1.54, 1.807) is 7.11 Å². The molecule has 0 aliphatic carbocycles. The molecule has 3 rings (SSSR count). The standard InChI is InChI=1S/C13H19N3O/c1-17-9-10-4-5-15-13-12(10)3-2-11-8-14-6-7-16(11)13/h4-5,11,14H,2-3,6-9H2,1H3/t11-/m1/s1. The molecule has 0 radical (unpaired) electrons. The number of fused-ring (bicyclic) bond motifs is 3. The van der Waals surface area contributed by atoms with Crippen molar-refractivity contribution in [3.05, 3.63) is 23.4 Å². The van der Waals surface area contributed by atoms with Crippen LogP contribution in [0.2, 0.25) is 0 Å². The average molecular weight is 233 g/mol. The van der Waals surface area contributed by atoms with Gasteiger partial charge in [0.25, 0.3) is 0 Å². The number of aromatic nitrogens is 1. The predicted molar refractivity (Wildman–Crippen MR) is 67.3 cm³/mol. The molecule has 1 aromatic heterocycles. The third kappa shape index (κ3) is 1.91. The molecule has 1 saturated heterocycles. The van der Waals surface area contributed by atoms with Crippen molar-refractivity contribution in [3.8, 4) is 0 Å². The monoisotopic (exact) mass is 233 g/mol. The van der Waals surface area contributed by atoms with Gasteiger partial charge in [0.2, 0.25) is 0 Å². The van der Waals surface area contributed by atoms with Crippen molar-refractivity contribution in [3.63, 3.8) is 0 Å². The van der Waals surface area contributed by atoms with Gasteiger partial charge >= 0.3 is 0 Å². The molecule has 0 saturated carbocycles. The molecule has 0 unspecified atom stereocenters. The van der Waals surface area contributed by atoms with Gasteiger partial charge in [-0.05, 0) is 24.5 Å². The van der Waals surface area contributed by atoms with Gasteiger partial charge < -0.3 is 15.0 Å². The lowest BCUT2D eigenvalue weighted by Gasteiger charge is -2.41. The maximum absolute atomic E-state index is 5.27. The smallest absolute Gasteiger partial charge is 0.132 e. The van der Waals surface area contributed by atoms with E-state index in [9.17, 15) is 0 Å². The Morgan fingerprint density at radius 1 is 1.59 bits per heavy atom. The molecule has 92 valence electrons. The zero-order valence-corrected chi connectivity index (χ0v) is 10.3. The third-order valence-corrected chi connectivity index (χ3v) is 3.78. The summed E-state index contributed by atoms with van der Waals surface area (Å²) in [6.45, 7) is 3.92. The lowest BCUT2D eigenvalue weighted by molar-refractivity contribution is 0.184. The van der Waals surface area contributed by atoms with E-state index in [1.165, 1.54) is 23.4 Å². The first-order valence-corrected chi connectivity index (χ1v) is 6.33. The van der Waals surface area contributed by atoms with Crippen molar-refractivity contribution in [2.45, 2.75) is 25.5 Å². The summed E-state index contributed by atoms with van der Waals surface area (Å²) in [6.07, 6.45) is 4.27. The second-order valence-electron chi connectivity index (χ2n) is 4.80. The lowest BCUT2D eigenvalue weighted by Crippen LogP contribution is -2.53. The number of ether oxygens (including phenoxy) is 1. The predicted octanol–water partition coefficient (Wildman–Crippen LogP) is 0.952. The zero-order chi connectivity index (χ0) is 11.7. The second kappa shape index (κ2) is 4.63. The summed E-state index contributed by atoms with van der Waals surface area (Å²) in [7, 11) is 1.75. The molecule has 2 aliphatic heterocycles. The number of hydrogen-bond donors (Lipinski definition) is 1. The third-order valence-electron chi connectivity index (χ3n) is 3.78. The number of piperazine rings is 1. The number of rotatable bonds is 2. The summed E-state index contributed by atoms with van der Waals surface area (Å²) in [5.74, 6) is 1.19. The number of nitrogens with zero attached hydrogens (tertiary/aromatic N) is 2. The average Bonchev–Trinajstić information content (AvgIpc) is 2.39. The van der Waals surface area contributed by atoms with Crippen LogP contribution in [-0.2, 0) is 17.8 Å². The molecule has 1 N–H and O–H groups in total. The van der Waals surface area contributed by atoms with Crippen LogP contribution in [0.4, 0.5) is 5.82 Å². The molecule has 0 bridgehead atoms. The van der Waals surface area contributed by atoms with Gasteiger partial charge in [-0.2, -0.15) is 0 Å². The number of anilines is 1. The van der Waals surface area contributed by atoms with Crippen molar-refractivity contribution >= 4 is 5.82 Å². The van der Waals surface area contributed by atoms with Crippen LogP contribution in [0.1, 0.15) is 17.5 Å². The molecule has 0 amide bonds. The van der Waals surface area contributed by atoms with E-state index in [0.29, 0.717) is 12.6 Å². The largest absolute Gasteiger partial charge is 0.380 e. The van der Waals surface area contributed by atoms with Gasteiger partial charge in [-0.3, -0.25) is 0 Å². The Balaban J connectivity index is 1.96. The Labute approximate surface area is 102 Å². The molecule has 4 heteroatoms. The van der Waals surface area contributed by atoms with Crippen molar-refractivity contribution in [2.24, 2.45) is 0 Å². The van der Waals surface area contributed by atoms with Crippen LogP contribution < -0.4 is 10.2 Å². The summed E-state index contributed by atoms with van der Waals surface area (Å²) < 4.78 is 5.27. The van der Waals surface area contributed by atoms with Gasteiger partial charge in [0.05, 0.1) is 6.61 Å². The molecule has 3 heterocycles. The Hall–Kier alpha value is -1.13. The second-order valence-corrected chi connectivity index (χ2v) is 4.80. The molecule has 17 heavy (non-hydrogen) atoms. The first-order valence-electron chi connectivity index (χ1n) is 6.33. The molecule has 4 nitrogen and oxygen atoms in total. The minimum atomic E-state index is 0.626. The first-order chi connectivity index (χ1) is 8.40. The highest BCUT2D eigenvalue weighted by molar-refractivity contribution is 5.54. The van der Waals surface area contributed by atoms with Gasteiger partial charge in [-0.25, -0.2) is 4.98 Å². The maximum Gasteiger partial charge on any atom is 0.132 e. The van der Waals surface area contributed by atoms with Crippen molar-refractivity contribution in [1.82, 2.24) is 10.3 Å². The molecule has 2 aliphatic rings. The van der Waals surface area contributed by atoms with E-state index in [2.05, 4.69) is 21.3 Å². The summed E-state index contributed by atoms with van der Waals surface area (Å²) >= 11 is 0. The van der Waals surface area contributed by atoms with E-state index in [4.69, 9.17) is 4.74 Å². The molecule has 1 fully saturated rings. The van der Waals surface area contributed by atoms with Crippen LogP contribution >= 0.6 is 0 Å². The van der Waals surface area contributed by atoms with E-state index in [0.717, 1.165) is 26.1 Å². The number of hydrogen-bond acceptors (Lipinski definition) is 4. The van der Waals surface area contributed by atoms with Gasteiger partial charge in [-0.1, -0.05) is 0 Å². The minimum Gasteiger partial charge on any atom is -0.380 e. The minimum absolute atomic E-state index is 0.626. The van der Waals surface area contributed by atoms with Crippen LogP contribution in [0, 0.1) is 0 Å². The number of nitrogens with one attached hydrogen (secondary N) is 1. The number of pyridine rings is 1. The maximum atomic E-state index is 5.27. The van der Waals surface area contributed by atoms with Crippen LogP contribution in [-0.4, -0.2) is 37.8 Å². The SMILES string of the molecule is COCc1ccnc2c1CC[C@@H]1CNCCN21. The van der Waals surface area contributed by atoms with Crippen molar-refractivity contribution < 1.29 is 4.74 Å². The molecule has 0 spiro atoms. The van der Waals surface area contributed by atoms with E-state index in [-0.39, 0.29) is 0 Å². The van der Waals surface area contributed by atoms with Crippen LogP contribution in [0.15, 0.2) is 12.3 Å². The molecule has 1 aromatic rings. The van der Waals surface area contributed by atoms with Crippen molar-refractivity contribution in [1.29, 1.82) is 0 Å². The first kappa shape index (κ1) is 11.0. The van der Waals surface area contributed by atoms with Crippen molar-refractivity contribution in [2.75, 3.05) is 31.6 Å². The van der Waals surface area contributed by atoms with E-state index in [1.807, 2.05) is 6.20 Å².